The van der Waals surface area contributed by atoms with Crippen molar-refractivity contribution in [1.82, 2.24) is 0 Å². The number of ether oxygens (including phenoxy) is 1. The molecule has 134 valence electrons. The number of hydrogen-bond donors (Lipinski definition) is 1. The Hall–Kier alpha value is -2.88. The minimum Gasteiger partial charge on any atom is -0.511 e. The van der Waals surface area contributed by atoms with Crippen LogP contribution in [0.2, 0.25) is 0 Å². The van der Waals surface area contributed by atoms with E-state index in [1.807, 2.05) is 68.4 Å². The first kappa shape index (κ1) is 17.9. The third-order valence-electron chi connectivity index (χ3n) is 4.32. The van der Waals surface area contributed by atoms with Crippen LogP contribution in [0.25, 0.3) is 0 Å². The average molecular weight is 349 g/mol. The second-order valence-electron chi connectivity index (χ2n) is 7.33. The van der Waals surface area contributed by atoms with Crippen LogP contribution in [-0.4, -0.2) is 17.1 Å². The van der Waals surface area contributed by atoms with E-state index in [0.717, 1.165) is 11.3 Å². The molecular formula is C22H23NO3. The van der Waals surface area contributed by atoms with Crippen LogP contribution in [0.5, 0.6) is 5.75 Å². The van der Waals surface area contributed by atoms with Crippen LogP contribution >= 0.6 is 0 Å². The number of aliphatic hydroxyl groups excluding tert-OH is 1. The lowest BCUT2D eigenvalue weighted by Gasteiger charge is -2.28. The van der Waals surface area contributed by atoms with Crippen molar-refractivity contribution in [1.29, 1.82) is 0 Å². The molecule has 2 aromatic rings. The van der Waals surface area contributed by atoms with Gasteiger partial charge in [0, 0.05) is 19.1 Å². The van der Waals surface area contributed by atoms with E-state index in [2.05, 4.69) is 4.99 Å². The summed E-state index contributed by atoms with van der Waals surface area (Å²) in [4.78, 5) is 16.5. The highest BCUT2D eigenvalue weighted by Crippen LogP contribution is 2.35. The summed E-state index contributed by atoms with van der Waals surface area (Å²) < 4.78 is 5.74. The van der Waals surface area contributed by atoms with E-state index in [1.165, 1.54) is 6.21 Å². The maximum absolute atomic E-state index is 12.2. The lowest BCUT2D eigenvalue weighted by Crippen LogP contribution is -2.26. The largest absolute Gasteiger partial charge is 0.511 e. The number of carbonyl (C=O) groups is 1. The first-order chi connectivity index (χ1) is 12.4. The predicted octanol–water partition coefficient (Wildman–Crippen LogP) is 5.17. The Morgan fingerprint density at radius 2 is 1.77 bits per heavy atom. The van der Waals surface area contributed by atoms with E-state index in [0.29, 0.717) is 30.7 Å². The number of benzene rings is 2. The lowest BCUT2D eigenvalue weighted by atomic mass is 9.77. The van der Waals surface area contributed by atoms with Gasteiger partial charge < -0.3 is 9.84 Å². The second-order valence-corrected chi connectivity index (χ2v) is 7.33. The van der Waals surface area contributed by atoms with Crippen molar-refractivity contribution in [2.75, 3.05) is 0 Å². The van der Waals surface area contributed by atoms with Crippen LogP contribution in [0.4, 0.5) is 5.69 Å². The van der Waals surface area contributed by atoms with Crippen molar-refractivity contribution in [3.8, 4) is 5.75 Å². The summed E-state index contributed by atoms with van der Waals surface area (Å²) in [6.07, 6.45) is 2.38. The Kier molecular flexibility index (Phi) is 5.21. The monoisotopic (exact) mass is 349 g/mol. The summed E-state index contributed by atoms with van der Waals surface area (Å²) in [6, 6.07) is 17.3. The molecule has 1 N–H and O–H groups in total. The maximum Gasteiger partial charge on any atom is 0.168 e. The highest BCUT2D eigenvalue weighted by molar-refractivity contribution is 6.14. The van der Waals surface area contributed by atoms with Crippen LogP contribution in [0.1, 0.15) is 32.3 Å². The number of Topliss-reactive ketones (excluding diaryl/α,β-unsaturated/α-hetero) is 1. The number of allylic oxidation sites excluding steroid dienone is 2. The Bertz CT molecular complexity index is 833. The molecule has 0 radical (unpaired) electrons. The fourth-order valence-electron chi connectivity index (χ4n) is 2.96. The van der Waals surface area contributed by atoms with Gasteiger partial charge in [-0.25, -0.2) is 0 Å². The number of carbonyl (C=O) groups excluding carboxylic acids is 1. The Labute approximate surface area is 153 Å². The van der Waals surface area contributed by atoms with E-state index < -0.39 is 0 Å². The molecule has 26 heavy (non-hydrogen) atoms. The normalized spacial score (nSPS) is 16.9. The van der Waals surface area contributed by atoms with Gasteiger partial charge in [0.05, 0.1) is 11.3 Å². The molecule has 0 saturated carbocycles. The topological polar surface area (TPSA) is 58.9 Å². The first-order valence-electron chi connectivity index (χ1n) is 8.69. The lowest BCUT2D eigenvalue weighted by molar-refractivity contribution is -0.117. The van der Waals surface area contributed by atoms with Crippen molar-refractivity contribution >= 4 is 17.7 Å². The quantitative estimate of drug-likeness (QED) is 0.758. The van der Waals surface area contributed by atoms with Crippen molar-refractivity contribution in [3.05, 3.63) is 71.5 Å². The summed E-state index contributed by atoms with van der Waals surface area (Å²) >= 11 is 0. The van der Waals surface area contributed by atoms with E-state index in [1.54, 1.807) is 0 Å². The number of aliphatic imine (C=N–C) groups is 1. The summed E-state index contributed by atoms with van der Waals surface area (Å²) in [5, 5.41) is 10.1. The number of aliphatic hydroxyl groups is 1. The average Bonchev–Trinajstić information content (AvgIpc) is 2.60. The number of rotatable bonds is 5. The zero-order chi connectivity index (χ0) is 18.6. The van der Waals surface area contributed by atoms with Gasteiger partial charge in [-0.3, -0.25) is 9.79 Å². The van der Waals surface area contributed by atoms with Crippen LogP contribution in [0, 0.1) is 5.41 Å². The van der Waals surface area contributed by atoms with Crippen molar-refractivity contribution in [2.24, 2.45) is 10.4 Å². The molecule has 1 aliphatic rings. The number of hydrogen-bond acceptors (Lipinski definition) is 4. The summed E-state index contributed by atoms with van der Waals surface area (Å²) in [6.45, 7) is 4.46. The van der Waals surface area contributed by atoms with E-state index in [-0.39, 0.29) is 17.0 Å². The third kappa shape index (κ3) is 4.60. The number of ketones is 1. The molecule has 1 aliphatic carbocycles. The molecule has 0 saturated heterocycles. The molecule has 0 bridgehead atoms. The highest BCUT2D eigenvalue weighted by atomic mass is 16.5. The van der Waals surface area contributed by atoms with Crippen LogP contribution in [-0.2, 0) is 11.4 Å². The molecule has 0 heterocycles. The molecule has 0 amide bonds. The Morgan fingerprint density at radius 3 is 2.42 bits per heavy atom. The molecule has 0 atom stereocenters. The molecule has 0 aliphatic heterocycles. The van der Waals surface area contributed by atoms with Crippen molar-refractivity contribution in [2.45, 2.75) is 33.3 Å². The summed E-state index contributed by atoms with van der Waals surface area (Å²) in [5.74, 6) is 0.813. The van der Waals surface area contributed by atoms with Crippen LogP contribution < -0.4 is 4.74 Å². The molecule has 0 fully saturated rings. The molecule has 0 unspecified atom stereocenters. The summed E-state index contributed by atoms with van der Waals surface area (Å²) in [7, 11) is 0. The standard InChI is InChI=1S/C22H23NO3/c1-22(2)12-20(24)19(21(25)13-22)14-23-17-8-10-18(11-9-17)26-15-16-6-4-3-5-7-16/h3-11,14,24H,12-13,15H2,1-2H3. The zero-order valence-corrected chi connectivity index (χ0v) is 15.1. The molecule has 2 aromatic carbocycles. The van der Waals surface area contributed by atoms with Gasteiger partial charge in [-0.15, -0.1) is 0 Å². The molecule has 0 spiro atoms. The van der Waals surface area contributed by atoms with Gasteiger partial charge in [0.25, 0.3) is 0 Å². The van der Waals surface area contributed by atoms with Crippen LogP contribution in [0.3, 0.4) is 0 Å². The van der Waals surface area contributed by atoms with Crippen molar-refractivity contribution in [3.63, 3.8) is 0 Å². The van der Waals surface area contributed by atoms with Gasteiger partial charge >= 0.3 is 0 Å². The predicted molar refractivity (Wildman–Crippen MR) is 103 cm³/mol. The second kappa shape index (κ2) is 7.56. The van der Waals surface area contributed by atoms with Gasteiger partial charge in [0.1, 0.15) is 18.1 Å². The Balaban J connectivity index is 1.64. The van der Waals surface area contributed by atoms with Gasteiger partial charge in [0.15, 0.2) is 5.78 Å². The van der Waals surface area contributed by atoms with E-state index in [9.17, 15) is 9.90 Å². The maximum atomic E-state index is 12.2. The third-order valence-corrected chi connectivity index (χ3v) is 4.32. The van der Waals surface area contributed by atoms with Gasteiger partial charge in [-0.2, -0.15) is 0 Å². The van der Waals surface area contributed by atoms with Gasteiger partial charge in [-0.05, 0) is 35.2 Å². The summed E-state index contributed by atoms with van der Waals surface area (Å²) in [5.41, 5.74) is 1.93. The smallest absolute Gasteiger partial charge is 0.168 e. The van der Waals surface area contributed by atoms with Crippen LogP contribution in [0.15, 0.2) is 70.9 Å². The molecule has 4 heteroatoms. The molecular weight excluding hydrogens is 326 g/mol. The van der Waals surface area contributed by atoms with Crippen molar-refractivity contribution < 1.29 is 14.6 Å². The van der Waals surface area contributed by atoms with Gasteiger partial charge in [-0.1, -0.05) is 44.2 Å². The zero-order valence-electron chi connectivity index (χ0n) is 15.1. The SMILES string of the molecule is CC1(C)CC(=O)C(C=Nc2ccc(OCc3ccccc3)cc2)=C(O)C1. The molecule has 4 nitrogen and oxygen atoms in total. The Morgan fingerprint density at radius 1 is 1.08 bits per heavy atom. The van der Waals surface area contributed by atoms with E-state index >= 15 is 0 Å². The minimum atomic E-state index is -0.198. The van der Waals surface area contributed by atoms with Gasteiger partial charge in [0.2, 0.25) is 0 Å². The fraction of sp³-hybridized carbons (Fsp3) is 0.273. The minimum absolute atomic E-state index is 0.0645. The molecule has 3 rings (SSSR count). The number of nitrogens with zero attached hydrogens (tertiary/aromatic N) is 1. The highest BCUT2D eigenvalue weighted by Gasteiger charge is 2.32. The molecule has 0 aromatic heterocycles. The fourth-order valence-corrected chi connectivity index (χ4v) is 2.96. The first-order valence-corrected chi connectivity index (χ1v) is 8.69. The van der Waals surface area contributed by atoms with E-state index in [4.69, 9.17) is 4.74 Å².